The maximum atomic E-state index is 15.0. The van der Waals surface area contributed by atoms with E-state index in [2.05, 4.69) is 25.9 Å². The van der Waals surface area contributed by atoms with Gasteiger partial charge in [-0.25, -0.2) is 19.2 Å². The zero-order valence-corrected chi connectivity index (χ0v) is 22.9. The van der Waals surface area contributed by atoms with Gasteiger partial charge in [-0.3, -0.25) is 9.59 Å². The highest BCUT2D eigenvalue weighted by atomic mass is 32.1. The van der Waals surface area contributed by atoms with E-state index in [0.29, 0.717) is 33.7 Å². The first-order valence-electron chi connectivity index (χ1n) is 12.4. The number of thiocarbonyl (C=S) groups is 1. The van der Waals surface area contributed by atoms with Gasteiger partial charge in [0.1, 0.15) is 11.0 Å². The van der Waals surface area contributed by atoms with E-state index in [9.17, 15) is 18.8 Å². The lowest BCUT2D eigenvalue weighted by atomic mass is 10.1. The molecule has 1 saturated heterocycles. The standard InChI is InChI=1S/C27H23FN6O5S2/c28-18-11-16(31-26(40)33-22(35)10-15-4-2-1-3-5-15)6-7-20(18)39-24-23-19(29-14-30-24)12-21(41-23)25(36)34-9-8-17(13-34)32-27(37)38/h1-7,11-12,14,17,32H,8-10,13H2,(H,37,38)(H2,31,33,35,40). The first kappa shape index (κ1) is 27.9. The molecule has 5 rings (SSSR count). The first-order valence-corrected chi connectivity index (χ1v) is 13.6. The van der Waals surface area contributed by atoms with Crippen molar-refractivity contribution in [3.8, 4) is 11.6 Å². The highest BCUT2D eigenvalue weighted by Crippen LogP contribution is 2.35. The van der Waals surface area contributed by atoms with E-state index in [-0.39, 0.29) is 47.6 Å². The minimum absolute atomic E-state index is 0.0235. The summed E-state index contributed by atoms with van der Waals surface area (Å²) in [7, 11) is 0. The van der Waals surface area contributed by atoms with Crippen LogP contribution in [0.5, 0.6) is 11.6 Å². The summed E-state index contributed by atoms with van der Waals surface area (Å²) in [6.45, 7) is 0.680. The Morgan fingerprint density at radius 1 is 1.15 bits per heavy atom. The number of rotatable bonds is 7. The molecule has 1 atom stereocenters. The maximum Gasteiger partial charge on any atom is 0.404 e. The van der Waals surface area contributed by atoms with Crippen molar-refractivity contribution in [3.05, 3.63) is 77.2 Å². The number of benzene rings is 2. The number of thiophene rings is 1. The van der Waals surface area contributed by atoms with Crippen LogP contribution in [0.15, 0.2) is 60.9 Å². The number of fused-ring (bicyclic) bond motifs is 1. The molecule has 0 spiro atoms. The number of halogens is 1. The highest BCUT2D eigenvalue weighted by molar-refractivity contribution is 7.80. The molecule has 1 aliphatic rings. The van der Waals surface area contributed by atoms with Gasteiger partial charge in [-0.1, -0.05) is 30.3 Å². The molecule has 3 amide bonds. The molecule has 0 bridgehead atoms. The number of aromatic nitrogens is 2. The second kappa shape index (κ2) is 12.2. The van der Waals surface area contributed by atoms with Crippen LogP contribution in [0, 0.1) is 5.82 Å². The number of amides is 3. The molecule has 4 N–H and O–H groups in total. The van der Waals surface area contributed by atoms with Crippen LogP contribution in [0.2, 0.25) is 0 Å². The molecule has 210 valence electrons. The van der Waals surface area contributed by atoms with Crippen LogP contribution in [0.3, 0.4) is 0 Å². The van der Waals surface area contributed by atoms with Crippen LogP contribution in [0.1, 0.15) is 21.7 Å². The van der Waals surface area contributed by atoms with Gasteiger partial charge in [0.25, 0.3) is 5.91 Å². The largest absolute Gasteiger partial charge is 0.465 e. The number of nitrogens with zero attached hydrogens (tertiary/aromatic N) is 3. The number of ether oxygens (including phenoxy) is 1. The average Bonchev–Trinajstić information content (AvgIpc) is 3.58. The van der Waals surface area contributed by atoms with Crippen LogP contribution in [0.4, 0.5) is 14.9 Å². The van der Waals surface area contributed by atoms with Crippen LogP contribution >= 0.6 is 23.6 Å². The van der Waals surface area contributed by atoms with E-state index >= 15 is 0 Å². The highest BCUT2D eigenvalue weighted by Gasteiger charge is 2.29. The normalized spacial score (nSPS) is 14.5. The van der Waals surface area contributed by atoms with Crippen molar-refractivity contribution >= 4 is 62.5 Å². The van der Waals surface area contributed by atoms with Crippen molar-refractivity contribution in [2.24, 2.45) is 0 Å². The smallest absolute Gasteiger partial charge is 0.404 e. The number of likely N-dealkylation sites (tertiary alicyclic amines) is 1. The molecule has 2 aromatic carbocycles. The lowest BCUT2D eigenvalue weighted by Crippen LogP contribution is -2.37. The van der Waals surface area contributed by atoms with Crippen LogP contribution in [-0.2, 0) is 11.2 Å². The summed E-state index contributed by atoms with van der Waals surface area (Å²) in [5, 5.41) is 16.7. The quantitative estimate of drug-likeness (QED) is 0.232. The van der Waals surface area contributed by atoms with Crippen LogP contribution < -0.4 is 20.7 Å². The van der Waals surface area contributed by atoms with Crippen molar-refractivity contribution in [2.75, 3.05) is 18.4 Å². The molecule has 0 radical (unpaired) electrons. The number of carbonyl (C=O) groups excluding carboxylic acids is 2. The van der Waals surface area contributed by atoms with Crippen LogP contribution in [0.25, 0.3) is 10.2 Å². The van der Waals surface area contributed by atoms with Gasteiger partial charge in [0.2, 0.25) is 11.8 Å². The molecule has 41 heavy (non-hydrogen) atoms. The Labute approximate surface area is 242 Å². The molecule has 0 saturated carbocycles. The molecule has 14 heteroatoms. The number of hydrogen-bond acceptors (Lipinski definition) is 8. The molecular weight excluding hydrogens is 571 g/mol. The minimum atomic E-state index is -1.13. The second-order valence-electron chi connectivity index (χ2n) is 9.10. The number of nitrogens with one attached hydrogen (secondary N) is 3. The summed E-state index contributed by atoms with van der Waals surface area (Å²) in [6, 6.07) is 14.5. The van der Waals surface area contributed by atoms with Gasteiger partial charge in [-0.05, 0) is 42.4 Å². The van der Waals surface area contributed by atoms with Crippen molar-refractivity contribution in [2.45, 2.75) is 18.9 Å². The van der Waals surface area contributed by atoms with E-state index in [4.69, 9.17) is 22.1 Å². The Hall–Kier alpha value is -4.69. The molecule has 0 aliphatic carbocycles. The molecule has 4 aromatic rings. The van der Waals surface area contributed by atoms with Crippen molar-refractivity contribution in [1.29, 1.82) is 0 Å². The third-order valence-electron chi connectivity index (χ3n) is 6.15. The van der Waals surface area contributed by atoms with Crippen molar-refractivity contribution < 1.29 is 28.6 Å². The summed E-state index contributed by atoms with van der Waals surface area (Å²) in [4.78, 5) is 46.4. The minimum Gasteiger partial charge on any atom is -0.465 e. The molecule has 11 nitrogen and oxygen atoms in total. The zero-order chi connectivity index (χ0) is 28.9. The fourth-order valence-corrected chi connectivity index (χ4v) is 5.52. The van der Waals surface area contributed by atoms with Gasteiger partial charge in [0.15, 0.2) is 16.7 Å². The summed E-state index contributed by atoms with van der Waals surface area (Å²) in [6.07, 6.45) is 0.790. The number of hydrogen-bond donors (Lipinski definition) is 4. The fraction of sp³-hybridized carbons (Fsp3) is 0.185. The molecule has 1 aliphatic heterocycles. The van der Waals surface area contributed by atoms with E-state index in [1.165, 1.54) is 24.5 Å². The second-order valence-corrected chi connectivity index (χ2v) is 10.6. The molecule has 1 unspecified atom stereocenters. The third kappa shape index (κ3) is 6.91. The van der Waals surface area contributed by atoms with Crippen LogP contribution in [-0.4, -0.2) is 62.1 Å². The zero-order valence-electron chi connectivity index (χ0n) is 21.3. The molecule has 1 fully saturated rings. The molecular formula is C27H23FN6O5S2. The van der Waals surface area contributed by atoms with E-state index < -0.39 is 11.9 Å². The Bertz CT molecular complexity index is 1630. The summed E-state index contributed by atoms with van der Waals surface area (Å²) < 4.78 is 21.2. The maximum absolute atomic E-state index is 15.0. The molecule has 3 heterocycles. The summed E-state index contributed by atoms with van der Waals surface area (Å²) in [5.74, 6) is -1.31. The fourth-order valence-electron chi connectivity index (χ4n) is 4.28. The predicted octanol–water partition coefficient (Wildman–Crippen LogP) is 4.16. The Balaban J connectivity index is 1.23. The van der Waals surface area contributed by atoms with E-state index in [0.717, 1.165) is 16.9 Å². The summed E-state index contributed by atoms with van der Waals surface area (Å²) >= 11 is 6.28. The topological polar surface area (TPSA) is 146 Å². The third-order valence-corrected chi connectivity index (χ3v) is 7.45. The Kier molecular flexibility index (Phi) is 8.31. The SMILES string of the molecule is O=C(O)NC1CCN(C(=O)c2cc3ncnc(Oc4ccc(NC(=S)NC(=O)Cc5ccccc5)cc4F)c3s2)C1. The number of carbonyl (C=O) groups is 3. The number of anilines is 1. The predicted molar refractivity (Wildman–Crippen MR) is 154 cm³/mol. The van der Waals surface area contributed by atoms with E-state index in [1.807, 2.05) is 30.3 Å². The van der Waals surface area contributed by atoms with Gasteiger partial charge < -0.3 is 30.7 Å². The molecule has 2 aromatic heterocycles. The Morgan fingerprint density at radius 3 is 2.71 bits per heavy atom. The van der Waals surface area contributed by atoms with E-state index in [1.54, 1.807) is 11.0 Å². The van der Waals surface area contributed by atoms with Gasteiger partial charge >= 0.3 is 6.09 Å². The monoisotopic (exact) mass is 594 g/mol. The van der Waals surface area contributed by atoms with Gasteiger partial charge in [0.05, 0.1) is 22.9 Å². The van der Waals surface area contributed by atoms with Crippen molar-refractivity contribution in [3.63, 3.8) is 0 Å². The van der Waals surface area contributed by atoms with Gasteiger partial charge in [0, 0.05) is 24.8 Å². The average molecular weight is 595 g/mol. The van der Waals surface area contributed by atoms with Gasteiger partial charge in [-0.2, -0.15) is 0 Å². The lowest BCUT2D eigenvalue weighted by molar-refractivity contribution is -0.119. The first-order chi connectivity index (χ1) is 19.7. The lowest BCUT2D eigenvalue weighted by Gasteiger charge is -2.15. The van der Waals surface area contributed by atoms with Gasteiger partial charge in [-0.15, -0.1) is 11.3 Å². The summed E-state index contributed by atoms with van der Waals surface area (Å²) in [5.41, 5.74) is 1.59. The number of carboxylic acid groups (broad SMARTS) is 1. The Morgan fingerprint density at radius 2 is 1.95 bits per heavy atom. The van der Waals surface area contributed by atoms with Crippen molar-refractivity contribution in [1.82, 2.24) is 25.5 Å².